The van der Waals surface area contributed by atoms with Gasteiger partial charge in [0.2, 0.25) is 0 Å². The molecule has 0 saturated heterocycles. The van der Waals surface area contributed by atoms with E-state index in [9.17, 15) is 9.59 Å². The number of carboxylic acid groups (broad SMARTS) is 1. The quantitative estimate of drug-likeness (QED) is 0.376. The largest absolute Gasteiger partial charge is 0.497 e. The van der Waals surface area contributed by atoms with Crippen molar-refractivity contribution in [3.8, 4) is 23.0 Å². The van der Waals surface area contributed by atoms with Gasteiger partial charge in [0.25, 0.3) is 5.91 Å². The molecule has 190 valence electrons. The highest BCUT2D eigenvalue weighted by Gasteiger charge is 2.19. The predicted octanol–water partition coefficient (Wildman–Crippen LogP) is 4.45. The Morgan fingerprint density at radius 2 is 1.50 bits per heavy atom. The van der Waals surface area contributed by atoms with Crippen molar-refractivity contribution in [2.75, 3.05) is 34.5 Å². The van der Waals surface area contributed by atoms with Gasteiger partial charge in [-0.05, 0) is 48.2 Å². The number of rotatable bonds is 13. The highest BCUT2D eigenvalue weighted by molar-refractivity contribution is 5.95. The standard InChI is InChI=1S/C28H31NO7/c1-33-23-15-22(16-24(17-23)34-2)28(32)29(13-7-10-20-8-5-4-6-9-20)18-21-11-12-25(26(14-21)35-3)36-19-27(30)31/h4-6,8-9,11-12,14-17H,7,10,13,18-19H2,1-3H3,(H,30,31). The van der Waals surface area contributed by atoms with Crippen LogP contribution in [0.4, 0.5) is 0 Å². The van der Waals surface area contributed by atoms with Gasteiger partial charge < -0.3 is 29.0 Å². The van der Waals surface area contributed by atoms with Crippen molar-refractivity contribution in [3.05, 3.63) is 83.4 Å². The average Bonchev–Trinajstić information content (AvgIpc) is 2.91. The van der Waals surface area contributed by atoms with E-state index in [1.54, 1.807) is 55.5 Å². The van der Waals surface area contributed by atoms with Crippen molar-refractivity contribution in [1.29, 1.82) is 0 Å². The number of hydrogen-bond donors (Lipinski definition) is 1. The van der Waals surface area contributed by atoms with E-state index >= 15 is 0 Å². The van der Waals surface area contributed by atoms with Gasteiger partial charge in [-0.25, -0.2) is 4.79 Å². The molecule has 0 spiro atoms. The van der Waals surface area contributed by atoms with E-state index in [-0.39, 0.29) is 5.91 Å². The fourth-order valence-corrected chi connectivity index (χ4v) is 3.77. The molecule has 0 fully saturated rings. The minimum atomic E-state index is -1.08. The number of benzene rings is 3. The van der Waals surface area contributed by atoms with Crippen molar-refractivity contribution in [1.82, 2.24) is 4.90 Å². The summed E-state index contributed by atoms with van der Waals surface area (Å²) in [6.45, 7) is 0.368. The maximum absolute atomic E-state index is 13.6. The molecule has 0 aliphatic carbocycles. The molecular weight excluding hydrogens is 462 g/mol. The van der Waals surface area contributed by atoms with Crippen molar-refractivity contribution in [2.24, 2.45) is 0 Å². The fourth-order valence-electron chi connectivity index (χ4n) is 3.77. The Labute approximate surface area is 211 Å². The molecule has 0 atom stereocenters. The lowest BCUT2D eigenvalue weighted by Crippen LogP contribution is -2.32. The van der Waals surface area contributed by atoms with Crippen LogP contribution in [0.25, 0.3) is 0 Å². The number of aryl methyl sites for hydroxylation is 1. The number of carboxylic acids is 1. The van der Waals surface area contributed by atoms with Crippen LogP contribution in [0.15, 0.2) is 66.7 Å². The zero-order valence-electron chi connectivity index (χ0n) is 20.7. The van der Waals surface area contributed by atoms with Gasteiger partial charge in [0.05, 0.1) is 21.3 Å². The summed E-state index contributed by atoms with van der Waals surface area (Å²) in [5.74, 6) is 0.541. The zero-order chi connectivity index (χ0) is 25.9. The van der Waals surface area contributed by atoms with Crippen molar-refractivity contribution in [3.63, 3.8) is 0 Å². The van der Waals surface area contributed by atoms with E-state index in [4.69, 9.17) is 24.1 Å². The first-order valence-corrected chi connectivity index (χ1v) is 11.5. The molecule has 1 N–H and O–H groups in total. The molecule has 3 aromatic carbocycles. The predicted molar refractivity (Wildman–Crippen MR) is 135 cm³/mol. The number of aliphatic carboxylic acids is 1. The third-order valence-corrected chi connectivity index (χ3v) is 5.57. The molecule has 3 rings (SSSR count). The Morgan fingerprint density at radius 1 is 0.806 bits per heavy atom. The van der Waals surface area contributed by atoms with Crippen LogP contribution in [0.3, 0.4) is 0 Å². The zero-order valence-corrected chi connectivity index (χ0v) is 20.7. The number of hydrogen-bond acceptors (Lipinski definition) is 6. The minimum absolute atomic E-state index is 0.162. The normalized spacial score (nSPS) is 10.4. The second-order valence-electron chi connectivity index (χ2n) is 8.08. The first-order chi connectivity index (χ1) is 17.4. The Kier molecular flexibility index (Phi) is 9.56. The highest BCUT2D eigenvalue weighted by Crippen LogP contribution is 2.29. The van der Waals surface area contributed by atoms with Gasteiger partial charge >= 0.3 is 5.97 Å². The van der Waals surface area contributed by atoms with Crippen LogP contribution in [0, 0.1) is 0 Å². The molecule has 0 aromatic heterocycles. The molecule has 0 aliphatic heterocycles. The summed E-state index contributed by atoms with van der Waals surface area (Å²) in [5, 5.41) is 8.89. The number of ether oxygens (including phenoxy) is 4. The van der Waals surface area contributed by atoms with Gasteiger partial charge in [-0.2, -0.15) is 0 Å². The summed E-state index contributed by atoms with van der Waals surface area (Å²) < 4.78 is 21.4. The van der Waals surface area contributed by atoms with Crippen LogP contribution in [0.5, 0.6) is 23.0 Å². The summed E-state index contributed by atoms with van der Waals surface area (Å²) in [6, 6.07) is 20.4. The maximum Gasteiger partial charge on any atom is 0.341 e. The lowest BCUT2D eigenvalue weighted by molar-refractivity contribution is -0.139. The molecule has 0 radical (unpaired) electrons. The third-order valence-electron chi connectivity index (χ3n) is 5.57. The highest BCUT2D eigenvalue weighted by atomic mass is 16.5. The number of carbonyl (C=O) groups is 2. The molecule has 0 bridgehead atoms. The lowest BCUT2D eigenvalue weighted by atomic mass is 10.1. The van der Waals surface area contributed by atoms with Gasteiger partial charge in [-0.1, -0.05) is 36.4 Å². The molecule has 0 saturated carbocycles. The smallest absolute Gasteiger partial charge is 0.341 e. The third kappa shape index (κ3) is 7.40. The monoisotopic (exact) mass is 493 g/mol. The van der Waals surface area contributed by atoms with Crippen molar-refractivity contribution >= 4 is 11.9 Å². The molecule has 36 heavy (non-hydrogen) atoms. The number of amides is 1. The molecule has 8 nitrogen and oxygen atoms in total. The molecule has 8 heteroatoms. The molecular formula is C28H31NO7. The first-order valence-electron chi connectivity index (χ1n) is 11.5. The molecule has 0 aliphatic rings. The van der Waals surface area contributed by atoms with Gasteiger partial charge in [0.1, 0.15) is 11.5 Å². The maximum atomic E-state index is 13.6. The van der Waals surface area contributed by atoms with Gasteiger partial charge in [0, 0.05) is 24.7 Å². The summed E-state index contributed by atoms with van der Waals surface area (Å²) in [7, 11) is 4.57. The average molecular weight is 494 g/mol. The van der Waals surface area contributed by atoms with Crippen molar-refractivity contribution < 1.29 is 33.6 Å². The molecule has 3 aromatic rings. The second kappa shape index (κ2) is 13.0. The van der Waals surface area contributed by atoms with E-state index in [0.717, 1.165) is 18.4 Å². The summed E-state index contributed by atoms with van der Waals surface area (Å²) >= 11 is 0. The second-order valence-corrected chi connectivity index (χ2v) is 8.08. The molecule has 0 unspecified atom stereocenters. The number of nitrogens with zero attached hydrogens (tertiary/aromatic N) is 1. The summed E-state index contributed by atoms with van der Waals surface area (Å²) in [5.41, 5.74) is 2.48. The molecule has 0 heterocycles. The van der Waals surface area contributed by atoms with E-state index in [2.05, 4.69) is 12.1 Å². The van der Waals surface area contributed by atoms with Gasteiger partial charge in [-0.15, -0.1) is 0 Å². The topological polar surface area (TPSA) is 94.5 Å². The Hall–Kier alpha value is -4.20. The van der Waals surface area contributed by atoms with Gasteiger partial charge in [0.15, 0.2) is 18.1 Å². The Bertz CT molecular complexity index is 1140. The van der Waals surface area contributed by atoms with E-state index in [0.29, 0.717) is 41.7 Å². The van der Waals surface area contributed by atoms with Gasteiger partial charge in [-0.3, -0.25) is 4.79 Å². The summed E-state index contributed by atoms with van der Waals surface area (Å²) in [4.78, 5) is 26.2. The van der Waals surface area contributed by atoms with E-state index in [1.165, 1.54) is 12.7 Å². The first kappa shape index (κ1) is 26.4. The minimum Gasteiger partial charge on any atom is -0.497 e. The van der Waals surface area contributed by atoms with Crippen LogP contribution >= 0.6 is 0 Å². The van der Waals surface area contributed by atoms with Crippen LogP contribution in [0.2, 0.25) is 0 Å². The Morgan fingerprint density at radius 3 is 2.11 bits per heavy atom. The Balaban J connectivity index is 1.84. The number of carbonyl (C=O) groups excluding carboxylic acids is 1. The summed E-state index contributed by atoms with van der Waals surface area (Å²) in [6.07, 6.45) is 1.60. The molecule has 1 amide bonds. The number of methoxy groups -OCH3 is 3. The van der Waals surface area contributed by atoms with E-state index in [1.807, 2.05) is 18.2 Å². The SMILES string of the molecule is COc1cc(OC)cc(C(=O)N(CCCc2ccccc2)Cc2ccc(OCC(=O)O)c(OC)c2)c1. The van der Waals surface area contributed by atoms with E-state index < -0.39 is 12.6 Å². The van der Waals surface area contributed by atoms with Crippen LogP contribution in [-0.4, -0.2) is 56.4 Å². The van der Waals surface area contributed by atoms with Crippen LogP contribution < -0.4 is 18.9 Å². The fraction of sp³-hybridized carbons (Fsp3) is 0.286. The van der Waals surface area contributed by atoms with Crippen LogP contribution in [-0.2, 0) is 17.8 Å². The lowest BCUT2D eigenvalue weighted by Gasteiger charge is -2.24. The van der Waals surface area contributed by atoms with Crippen molar-refractivity contribution in [2.45, 2.75) is 19.4 Å². The van der Waals surface area contributed by atoms with Crippen LogP contribution in [0.1, 0.15) is 27.9 Å².